The summed E-state index contributed by atoms with van der Waals surface area (Å²) in [7, 11) is 1.50. The zero-order valence-electron chi connectivity index (χ0n) is 14.8. The lowest BCUT2D eigenvalue weighted by Gasteiger charge is -2.29. The first-order valence-electron chi connectivity index (χ1n) is 8.16. The second kappa shape index (κ2) is 9.83. The minimum atomic E-state index is -0.746. The van der Waals surface area contributed by atoms with E-state index in [1.54, 1.807) is 49.4 Å². The number of benzene rings is 2. The third kappa shape index (κ3) is 5.51. The Morgan fingerprint density at radius 2 is 1.63 bits per heavy atom. The maximum atomic E-state index is 12.8. The Morgan fingerprint density at radius 1 is 1.04 bits per heavy atom. The van der Waals surface area contributed by atoms with Crippen molar-refractivity contribution in [2.75, 3.05) is 13.7 Å². The van der Waals surface area contributed by atoms with Gasteiger partial charge in [0.25, 0.3) is 5.91 Å². The molecule has 0 saturated carbocycles. The molecular weight excluding hydrogens is 411 g/mol. The lowest BCUT2D eigenvalue weighted by atomic mass is 10.1. The second-order valence-electron chi connectivity index (χ2n) is 5.73. The van der Waals surface area contributed by atoms with Crippen LogP contribution in [0.1, 0.15) is 12.5 Å². The smallest absolute Gasteiger partial charge is 0.261 e. The number of nitrogens with zero attached hydrogens (tertiary/aromatic N) is 1. The van der Waals surface area contributed by atoms with Gasteiger partial charge in [-0.25, -0.2) is 0 Å². The molecule has 0 spiro atoms. The Labute approximate surface area is 173 Å². The minimum Gasteiger partial charge on any atom is -0.482 e. The van der Waals surface area contributed by atoms with E-state index in [2.05, 4.69) is 5.32 Å². The molecule has 0 saturated heterocycles. The van der Waals surface area contributed by atoms with Crippen molar-refractivity contribution in [2.24, 2.45) is 0 Å². The predicted molar refractivity (Wildman–Crippen MR) is 107 cm³/mol. The largest absolute Gasteiger partial charge is 0.482 e. The summed E-state index contributed by atoms with van der Waals surface area (Å²) in [6, 6.07) is 11.2. The van der Waals surface area contributed by atoms with Crippen molar-refractivity contribution in [1.82, 2.24) is 10.2 Å². The summed E-state index contributed by atoms with van der Waals surface area (Å²) >= 11 is 18.5. The fraction of sp³-hybridized carbons (Fsp3) is 0.263. The van der Waals surface area contributed by atoms with Crippen LogP contribution in [0.4, 0.5) is 0 Å². The van der Waals surface area contributed by atoms with Gasteiger partial charge in [-0.2, -0.15) is 0 Å². The van der Waals surface area contributed by atoms with Crippen molar-refractivity contribution in [2.45, 2.75) is 19.5 Å². The highest BCUT2D eigenvalue weighted by Gasteiger charge is 2.27. The van der Waals surface area contributed by atoms with Crippen LogP contribution in [0.25, 0.3) is 0 Å². The van der Waals surface area contributed by atoms with E-state index >= 15 is 0 Å². The standard InChI is InChI=1S/C19H19Cl3N2O3/c1-12(19(26)23-2)24(10-13-14(20)7-5-8-15(13)21)18(25)11-27-17-9-4-3-6-16(17)22/h3-9,12H,10-11H2,1-2H3,(H,23,26)/t12-/m1/s1. The van der Waals surface area contributed by atoms with E-state index in [9.17, 15) is 9.59 Å². The molecule has 0 bridgehead atoms. The van der Waals surface area contributed by atoms with Gasteiger partial charge in [0.15, 0.2) is 6.61 Å². The molecule has 1 N–H and O–H groups in total. The highest BCUT2D eigenvalue weighted by Crippen LogP contribution is 2.27. The Kier molecular flexibility index (Phi) is 7.78. The van der Waals surface area contributed by atoms with Crippen LogP contribution in [0.5, 0.6) is 5.75 Å². The first-order valence-corrected chi connectivity index (χ1v) is 9.29. The molecule has 0 fully saturated rings. The van der Waals surface area contributed by atoms with E-state index < -0.39 is 11.9 Å². The van der Waals surface area contributed by atoms with Crippen molar-refractivity contribution < 1.29 is 14.3 Å². The number of carbonyl (C=O) groups is 2. The molecule has 5 nitrogen and oxygen atoms in total. The third-order valence-electron chi connectivity index (χ3n) is 3.99. The second-order valence-corrected chi connectivity index (χ2v) is 6.95. The summed E-state index contributed by atoms with van der Waals surface area (Å²) in [5.74, 6) is -0.331. The van der Waals surface area contributed by atoms with Gasteiger partial charge in [-0.3, -0.25) is 9.59 Å². The van der Waals surface area contributed by atoms with Gasteiger partial charge in [0, 0.05) is 29.2 Å². The van der Waals surface area contributed by atoms with Gasteiger partial charge in [0.05, 0.1) is 5.02 Å². The molecule has 0 heterocycles. The van der Waals surface area contributed by atoms with Crippen molar-refractivity contribution in [3.8, 4) is 5.75 Å². The fourth-order valence-corrected chi connectivity index (χ4v) is 3.14. The van der Waals surface area contributed by atoms with E-state index in [4.69, 9.17) is 39.5 Å². The average molecular weight is 430 g/mol. The van der Waals surface area contributed by atoms with Crippen molar-refractivity contribution in [1.29, 1.82) is 0 Å². The number of halogens is 3. The molecule has 1 atom stereocenters. The van der Waals surface area contributed by atoms with Crippen LogP contribution in [0, 0.1) is 0 Å². The maximum absolute atomic E-state index is 12.8. The van der Waals surface area contributed by atoms with Crippen molar-refractivity contribution >= 4 is 46.6 Å². The summed E-state index contributed by atoms with van der Waals surface area (Å²) in [5, 5.41) is 3.76. The molecule has 0 aromatic heterocycles. The van der Waals surface area contributed by atoms with Gasteiger partial charge in [0.2, 0.25) is 5.91 Å². The first kappa shape index (κ1) is 21.4. The van der Waals surface area contributed by atoms with Crippen LogP contribution in [-0.2, 0) is 16.1 Å². The Hall–Kier alpha value is -1.95. The molecule has 0 radical (unpaired) electrons. The summed E-state index contributed by atoms with van der Waals surface area (Å²) in [4.78, 5) is 26.3. The van der Waals surface area contributed by atoms with Gasteiger partial charge >= 0.3 is 0 Å². The molecule has 0 unspecified atom stereocenters. The maximum Gasteiger partial charge on any atom is 0.261 e. The Balaban J connectivity index is 2.22. The van der Waals surface area contributed by atoms with E-state index in [0.717, 1.165) is 0 Å². The van der Waals surface area contributed by atoms with Crippen LogP contribution in [0.15, 0.2) is 42.5 Å². The molecular formula is C19H19Cl3N2O3. The number of para-hydroxylation sites is 1. The highest BCUT2D eigenvalue weighted by molar-refractivity contribution is 6.36. The summed E-state index contributed by atoms with van der Waals surface area (Å²) in [6.45, 7) is 1.40. The van der Waals surface area contributed by atoms with E-state index in [1.807, 2.05) is 0 Å². The number of likely N-dealkylation sites (N-methyl/N-ethyl adjacent to an activating group) is 1. The normalized spacial score (nSPS) is 11.6. The van der Waals surface area contributed by atoms with Crippen LogP contribution in [0.2, 0.25) is 15.1 Å². The van der Waals surface area contributed by atoms with Crippen molar-refractivity contribution in [3.63, 3.8) is 0 Å². The van der Waals surface area contributed by atoms with Gasteiger partial charge in [0.1, 0.15) is 11.8 Å². The number of hydrogen-bond donors (Lipinski definition) is 1. The lowest BCUT2D eigenvalue weighted by molar-refractivity contribution is -0.142. The Morgan fingerprint density at radius 3 is 2.22 bits per heavy atom. The molecule has 0 aliphatic rings. The number of hydrogen-bond acceptors (Lipinski definition) is 3. The SMILES string of the molecule is CNC(=O)[C@@H](C)N(Cc1c(Cl)cccc1Cl)C(=O)COc1ccccc1Cl. The molecule has 27 heavy (non-hydrogen) atoms. The van der Waals surface area contributed by atoms with E-state index in [1.165, 1.54) is 11.9 Å². The summed E-state index contributed by atoms with van der Waals surface area (Å²) in [6.07, 6.45) is 0. The van der Waals surface area contributed by atoms with Crippen LogP contribution in [-0.4, -0.2) is 36.4 Å². The summed E-state index contributed by atoms with van der Waals surface area (Å²) < 4.78 is 5.52. The molecule has 2 amide bonds. The minimum absolute atomic E-state index is 0.0673. The summed E-state index contributed by atoms with van der Waals surface area (Å²) in [5.41, 5.74) is 0.558. The van der Waals surface area contributed by atoms with E-state index in [-0.39, 0.29) is 19.1 Å². The van der Waals surface area contributed by atoms with Gasteiger partial charge in [-0.1, -0.05) is 53.0 Å². The van der Waals surface area contributed by atoms with Crippen LogP contribution in [0.3, 0.4) is 0 Å². The van der Waals surface area contributed by atoms with E-state index in [0.29, 0.717) is 26.4 Å². The number of nitrogens with one attached hydrogen (secondary N) is 1. The molecule has 2 rings (SSSR count). The topological polar surface area (TPSA) is 58.6 Å². The lowest BCUT2D eigenvalue weighted by Crippen LogP contribution is -2.48. The predicted octanol–water partition coefficient (Wildman–Crippen LogP) is 4.19. The molecule has 8 heteroatoms. The number of carbonyl (C=O) groups excluding carboxylic acids is 2. The zero-order chi connectivity index (χ0) is 20.0. The Bertz CT molecular complexity index is 809. The quantitative estimate of drug-likeness (QED) is 0.718. The number of ether oxygens (including phenoxy) is 1. The average Bonchev–Trinajstić information content (AvgIpc) is 2.65. The molecule has 0 aliphatic heterocycles. The highest BCUT2D eigenvalue weighted by atomic mass is 35.5. The molecule has 2 aromatic carbocycles. The van der Waals surface area contributed by atoms with Gasteiger partial charge < -0.3 is 15.0 Å². The monoisotopic (exact) mass is 428 g/mol. The molecule has 2 aromatic rings. The van der Waals surface area contributed by atoms with Crippen molar-refractivity contribution in [3.05, 3.63) is 63.1 Å². The first-order chi connectivity index (χ1) is 12.8. The number of rotatable bonds is 7. The van der Waals surface area contributed by atoms with Gasteiger partial charge in [-0.15, -0.1) is 0 Å². The molecule has 144 valence electrons. The van der Waals surface area contributed by atoms with Gasteiger partial charge in [-0.05, 0) is 31.2 Å². The van der Waals surface area contributed by atoms with Crippen LogP contribution >= 0.6 is 34.8 Å². The molecule has 0 aliphatic carbocycles. The van der Waals surface area contributed by atoms with Crippen LogP contribution < -0.4 is 10.1 Å². The number of amides is 2. The zero-order valence-corrected chi connectivity index (χ0v) is 17.1. The third-order valence-corrected chi connectivity index (χ3v) is 5.01. The fourth-order valence-electron chi connectivity index (χ4n) is 2.43.